The number of aliphatic carboxylic acids is 1. The van der Waals surface area contributed by atoms with Crippen molar-refractivity contribution in [2.75, 3.05) is 0 Å². The number of ether oxygens (including phenoxy) is 1. The van der Waals surface area contributed by atoms with Crippen molar-refractivity contribution >= 4 is 12.1 Å². The number of hydrogen-bond donors (Lipinski definition) is 2. The Morgan fingerprint density at radius 1 is 1.12 bits per heavy atom. The molecule has 0 heterocycles. The van der Waals surface area contributed by atoms with Crippen molar-refractivity contribution in [3.05, 3.63) is 10.1 Å². The van der Waals surface area contributed by atoms with E-state index in [4.69, 9.17) is 4.74 Å². The minimum absolute atomic E-state index is 0.135. The monoisotopic (exact) mass is 360 g/mol. The molecule has 0 saturated carbocycles. The van der Waals surface area contributed by atoms with Crippen LogP contribution in [-0.4, -0.2) is 38.8 Å². The molecule has 0 bridgehead atoms. The molecule has 0 rings (SSSR count). The molecule has 0 saturated heterocycles. The van der Waals surface area contributed by atoms with Crippen molar-refractivity contribution in [3.8, 4) is 0 Å². The number of carbonyl (C=O) groups excluding carboxylic acids is 1. The summed E-state index contributed by atoms with van der Waals surface area (Å²) in [6.07, 6.45) is 0.481. The van der Waals surface area contributed by atoms with E-state index in [1.807, 2.05) is 6.92 Å². The number of nitrogens with one attached hydrogen (secondary N) is 1. The summed E-state index contributed by atoms with van der Waals surface area (Å²) in [5.74, 6) is -1.60. The number of amides is 1. The molecule has 1 amide bonds. The Bertz CT molecular complexity index is 504. The highest BCUT2D eigenvalue weighted by molar-refractivity contribution is 5.81. The number of hydrogen-bond acceptors (Lipinski definition) is 5. The molecule has 0 radical (unpaired) electrons. The number of alkyl carbamates (subject to hydrolysis) is 1. The molecule has 0 spiro atoms. The van der Waals surface area contributed by atoms with E-state index in [1.165, 1.54) is 0 Å². The molecule has 2 atom stereocenters. The summed E-state index contributed by atoms with van der Waals surface area (Å²) in [5, 5.41) is 24.1. The number of nitrogens with zero attached hydrogens (tertiary/aromatic N) is 1. The van der Waals surface area contributed by atoms with Gasteiger partial charge >= 0.3 is 17.6 Å². The van der Waals surface area contributed by atoms with E-state index in [9.17, 15) is 24.8 Å². The Morgan fingerprint density at radius 3 is 1.88 bits per heavy atom. The maximum Gasteiger partial charge on any atom is 0.408 e. The van der Waals surface area contributed by atoms with Gasteiger partial charge in [0.2, 0.25) is 0 Å². The molecule has 0 aliphatic carbocycles. The lowest BCUT2D eigenvalue weighted by atomic mass is 9.60. The van der Waals surface area contributed by atoms with Gasteiger partial charge in [-0.05, 0) is 32.6 Å². The molecule has 0 fully saturated rings. The molecule has 0 aromatic carbocycles. The van der Waals surface area contributed by atoms with Gasteiger partial charge in [0.05, 0.1) is 0 Å². The van der Waals surface area contributed by atoms with Crippen LogP contribution in [-0.2, 0) is 9.53 Å². The fourth-order valence-electron chi connectivity index (χ4n) is 3.06. The lowest BCUT2D eigenvalue weighted by Crippen LogP contribution is -2.75. The van der Waals surface area contributed by atoms with Crippen LogP contribution in [0.25, 0.3) is 0 Å². The highest BCUT2D eigenvalue weighted by atomic mass is 16.6. The average Bonchev–Trinajstić information content (AvgIpc) is 2.38. The van der Waals surface area contributed by atoms with Crippen LogP contribution in [0.5, 0.6) is 0 Å². The van der Waals surface area contributed by atoms with Crippen LogP contribution >= 0.6 is 0 Å². The highest BCUT2D eigenvalue weighted by Gasteiger charge is 2.69. The highest BCUT2D eigenvalue weighted by Crippen LogP contribution is 2.45. The number of rotatable bonds is 7. The first-order valence-corrected chi connectivity index (χ1v) is 8.44. The molecule has 25 heavy (non-hydrogen) atoms. The zero-order valence-corrected chi connectivity index (χ0v) is 16.6. The van der Waals surface area contributed by atoms with Crippen molar-refractivity contribution in [3.63, 3.8) is 0 Å². The Labute approximate surface area is 149 Å². The van der Waals surface area contributed by atoms with Crippen molar-refractivity contribution in [2.24, 2.45) is 5.41 Å². The molecule has 0 unspecified atom stereocenters. The Kier molecular flexibility index (Phi) is 7.01. The summed E-state index contributed by atoms with van der Waals surface area (Å²) < 4.78 is 5.26. The fraction of sp³-hybridized carbons (Fsp3) is 0.882. The summed E-state index contributed by atoms with van der Waals surface area (Å²) in [4.78, 5) is 35.4. The Balaban J connectivity index is 6.39. The van der Waals surface area contributed by atoms with Crippen molar-refractivity contribution in [1.82, 2.24) is 5.32 Å². The number of carbonyl (C=O) groups is 2. The van der Waals surface area contributed by atoms with Crippen LogP contribution in [0.2, 0.25) is 0 Å². The maximum atomic E-state index is 12.4. The van der Waals surface area contributed by atoms with E-state index >= 15 is 0 Å². The van der Waals surface area contributed by atoms with Gasteiger partial charge in [0.15, 0.2) is 0 Å². The lowest BCUT2D eigenvalue weighted by Gasteiger charge is -2.49. The van der Waals surface area contributed by atoms with Crippen LogP contribution < -0.4 is 5.32 Å². The second kappa shape index (κ2) is 7.58. The lowest BCUT2D eigenvalue weighted by molar-refractivity contribution is -0.568. The van der Waals surface area contributed by atoms with E-state index < -0.39 is 39.1 Å². The first-order valence-electron chi connectivity index (χ1n) is 8.44. The molecule has 0 aliphatic rings. The number of unbranched alkanes of at least 4 members (excludes halogenated alkanes) is 1. The predicted octanol–water partition coefficient (Wildman–Crippen LogP) is 3.61. The summed E-state index contributed by atoms with van der Waals surface area (Å²) in [7, 11) is 0. The SMILES string of the molecule is CCCC[C@@](NC(=O)OC(C)(C)C)(C(C)(C)C)[C@](C)(C(=O)O)[N+](=O)[O-]. The van der Waals surface area contributed by atoms with E-state index in [1.54, 1.807) is 41.5 Å². The minimum Gasteiger partial charge on any atom is -0.476 e. The minimum atomic E-state index is -2.42. The molecule has 8 nitrogen and oxygen atoms in total. The van der Waals surface area contributed by atoms with E-state index in [-0.39, 0.29) is 6.42 Å². The number of carboxylic acids is 1. The second-order valence-corrected chi connectivity index (χ2v) is 8.52. The third-order valence-corrected chi connectivity index (χ3v) is 4.51. The molecule has 146 valence electrons. The largest absolute Gasteiger partial charge is 0.476 e. The Morgan fingerprint density at radius 2 is 1.60 bits per heavy atom. The third-order valence-electron chi connectivity index (χ3n) is 4.51. The fourth-order valence-corrected chi connectivity index (χ4v) is 3.06. The van der Waals surface area contributed by atoms with Gasteiger partial charge in [-0.15, -0.1) is 0 Å². The summed E-state index contributed by atoms with van der Waals surface area (Å²) in [6, 6.07) is 0. The number of nitro groups is 1. The number of carboxylic acid groups (broad SMARTS) is 1. The maximum absolute atomic E-state index is 12.4. The van der Waals surface area contributed by atoms with Gasteiger partial charge < -0.3 is 15.2 Å². The van der Waals surface area contributed by atoms with Crippen molar-refractivity contribution in [1.29, 1.82) is 0 Å². The zero-order chi connectivity index (χ0) is 20.3. The summed E-state index contributed by atoms with van der Waals surface area (Å²) >= 11 is 0. The van der Waals surface area contributed by atoms with Gasteiger partial charge in [-0.2, -0.15) is 0 Å². The van der Waals surface area contributed by atoms with E-state index in [0.717, 1.165) is 6.92 Å². The Hall–Kier alpha value is -1.86. The first kappa shape index (κ1) is 23.1. The van der Waals surface area contributed by atoms with Gasteiger partial charge in [0.25, 0.3) is 0 Å². The second-order valence-electron chi connectivity index (χ2n) is 8.52. The zero-order valence-electron chi connectivity index (χ0n) is 16.6. The normalized spacial score (nSPS) is 17.1. The molecule has 0 aromatic heterocycles. The summed E-state index contributed by atoms with van der Waals surface area (Å²) in [6.45, 7) is 13.0. The van der Waals surface area contributed by atoms with Crippen molar-refractivity contribution < 1.29 is 24.4 Å². The molecule has 2 N–H and O–H groups in total. The van der Waals surface area contributed by atoms with Crippen LogP contribution in [0.15, 0.2) is 0 Å². The average molecular weight is 360 g/mol. The standard InChI is InChI=1S/C17H32N2O6/c1-9-10-11-17(14(2,3)4,16(8,12(20)21)19(23)24)18-13(22)25-15(5,6)7/h9-11H2,1-8H3,(H,18,22)(H,20,21)/t16-,17+/m0/s1. The van der Waals surface area contributed by atoms with Crippen LogP contribution in [0, 0.1) is 15.5 Å². The van der Waals surface area contributed by atoms with Crippen molar-refractivity contribution in [2.45, 2.75) is 91.3 Å². The molecule has 0 aromatic rings. The third kappa shape index (κ3) is 4.83. The first-order chi connectivity index (χ1) is 11.0. The smallest absolute Gasteiger partial charge is 0.408 e. The predicted molar refractivity (Wildman–Crippen MR) is 94.1 cm³/mol. The van der Waals surface area contributed by atoms with Gasteiger partial charge in [-0.1, -0.05) is 40.5 Å². The van der Waals surface area contributed by atoms with Gasteiger partial charge in [-0.3, -0.25) is 10.1 Å². The van der Waals surface area contributed by atoms with Gasteiger partial charge in [-0.25, -0.2) is 9.59 Å². The molecule has 8 heteroatoms. The van der Waals surface area contributed by atoms with E-state index in [2.05, 4.69) is 5.32 Å². The topological polar surface area (TPSA) is 119 Å². The quantitative estimate of drug-likeness (QED) is 0.529. The van der Waals surface area contributed by atoms with Crippen LogP contribution in [0.4, 0.5) is 4.79 Å². The van der Waals surface area contributed by atoms with Crippen LogP contribution in [0.3, 0.4) is 0 Å². The molecular weight excluding hydrogens is 328 g/mol. The van der Waals surface area contributed by atoms with E-state index in [0.29, 0.717) is 12.8 Å². The molecule has 0 aliphatic heterocycles. The summed E-state index contributed by atoms with van der Waals surface area (Å²) in [5.41, 5.74) is -5.79. The van der Waals surface area contributed by atoms with Gasteiger partial charge in [0.1, 0.15) is 11.1 Å². The van der Waals surface area contributed by atoms with Gasteiger partial charge in [0, 0.05) is 11.8 Å². The van der Waals surface area contributed by atoms with Crippen LogP contribution in [0.1, 0.15) is 74.7 Å². The molecular formula is C17H32N2O6.